The molecule has 0 heterocycles. The van der Waals surface area contributed by atoms with E-state index >= 15 is 0 Å². The van der Waals surface area contributed by atoms with Crippen molar-refractivity contribution in [3.8, 4) is 0 Å². The lowest BCUT2D eigenvalue weighted by Crippen LogP contribution is -2.17. The minimum absolute atomic E-state index is 0.358. The van der Waals surface area contributed by atoms with E-state index < -0.39 is 10.0 Å². The molecule has 4 nitrogen and oxygen atoms in total. The number of rotatable bonds is 3. The van der Waals surface area contributed by atoms with Crippen LogP contribution in [-0.2, 0) is 10.0 Å². The predicted octanol–water partition coefficient (Wildman–Crippen LogP) is 3.30. The number of nitrogen functional groups attached to an aromatic ring is 1. The average Bonchev–Trinajstić information content (AvgIpc) is 2.39. The molecule has 0 saturated heterocycles. The van der Waals surface area contributed by atoms with Gasteiger partial charge in [0.05, 0.1) is 4.90 Å². The van der Waals surface area contributed by atoms with E-state index in [2.05, 4.69) is 4.72 Å². The fraction of sp³-hybridized carbons (Fsp3) is 0.250. The van der Waals surface area contributed by atoms with Gasteiger partial charge in [-0.25, -0.2) is 8.42 Å². The molecule has 0 radical (unpaired) electrons. The standard InChI is InChI=1S/C16H20N2O2S/c1-10-9-11(2)13(4)16(12(10)3)21(19,20)18-15-7-5-14(17)6-8-15/h5-9,18H,17H2,1-4H3. The van der Waals surface area contributed by atoms with Crippen molar-refractivity contribution in [3.63, 3.8) is 0 Å². The lowest BCUT2D eigenvalue weighted by molar-refractivity contribution is 0.599. The highest BCUT2D eigenvalue weighted by molar-refractivity contribution is 7.92. The van der Waals surface area contributed by atoms with Gasteiger partial charge in [0, 0.05) is 11.4 Å². The molecule has 2 rings (SSSR count). The molecule has 0 aliphatic rings. The van der Waals surface area contributed by atoms with Gasteiger partial charge in [-0.1, -0.05) is 6.07 Å². The summed E-state index contributed by atoms with van der Waals surface area (Å²) < 4.78 is 28.0. The number of sulfonamides is 1. The average molecular weight is 304 g/mol. The van der Waals surface area contributed by atoms with E-state index in [1.54, 1.807) is 24.3 Å². The summed E-state index contributed by atoms with van der Waals surface area (Å²) in [4.78, 5) is 0.358. The van der Waals surface area contributed by atoms with Gasteiger partial charge in [-0.2, -0.15) is 0 Å². The molecule has 0 aliphatic heterocycles. The van der Waals surface area contributed by atoms with Gasteiger partial charge < -0.3 is 5.73 Å². The maximum atomic E-state index is 12.7. The molecule has 0 aromatic heterocycles. The highest BCUT2D eigenvalue weighted by atomic mass is 32.2. The van der Waals surface area contributed by atoms with Crippen LogP contribution in [0.15, 0.2) is 35.2 Å². The van der Waals surface area contributed by atoms with Crippen LogP contribution in [0.4, 0.5) is 11.4 Å². The minimum Gasteiger partial charge on any atom is -0.399 e. The zero-order valence-electron chi connectivity index (χ0n) is 12.7. The van der Waals surface area contributed by atoms with Gasteiger partial charge in [-0.05, 0) is 74.2 Å². The Balaban J connectivity index is 2.52. The summed E-state index contributed by atoms with van der Waals surface area (Å²) in [6.45, 7) is 7.51. The van der Waals surface area contributed by atoms with Gasteiger partial charge in [0.2, 0.25) is 0 Å². The third-order valence-electron chi connectivity index (χ3n) is 3.73. The molecular formula is C16H20N2O2S. The first-order valence-corrected chi connectivity index (χ1v) is 8.16. The number of anilines is 2. The Morgan fingerprint density at radius 3 is 1.86 bits per heavy atom. The first-order valence-electron chi connectivity index (χ1n) is 6.68. The maximum Gasteiger partial charge on any atom is 0.262 e. The number of benzene rings is 2. The van der Waals surface area contributed by atoms with Crippen molar-refractivity contribution in [1.82, 2.24) is 0 Å². The van der Waals surface area contributed by atoms with Crippen LogP contribution in [0, 0.1) is 27.7 Å². The van der Waals surface area contributed by atoms with Crippen molar-refractivity contribution in [2.75, 3.05) is 10.5 Å². The molecule has 0 spiro atoms. The van der Waals surface area contributed by atoms with E-state index in [4.69, 9.17) is 5.73 Å². The number of hydrogen-bond donors (Lipinski definition) is 2. The van der Waals surface area contributed by atoms with Gasteiger partial charge in [-0.15, -0.1) is 0 Å². The molecule has 0 unspecified atom stereocenters. The van der Waals surface area contributed by atoms with Crippen LogP contribution in [-0.4, -0.2) is 8.42 Å². The number of aryl methyl sites for hydroxylation is 2. The monoisotopic (exact) mass is 304 g/mol. The highest BCUT2D eigenvalue weighted by Crippen LogP contribution is 2.27. The van der Waals surface area contributed by atoms with E-state index in [1.165, 1.54) is 0 Å². The van der Waals surface area contributed by atoms with Crippen molar-refractivity contribution in [2.45, 2.75) is 32.6 Å². The van der Waals surface area contributed by atoms with Crippen LogP contribution in [0.25, 0.3) is 0 Å². The van der Waals surface area contributed by atoms with Crippen LogP contribution in [0.2, 0.25) is 0 Å². The first-order chi connectivity index (χ1) is 9.72. The summed E-state index contributed by atoms with van der Waals surface area (Å²) in [6.07, 6.45) is 0. The van der Waals surface area contributed by atoms with Gasteiger partial charge in [0.1, 0.15) is 0 Å². The van der Waals surface area contributed by atoms with Gasteiger partial charge in [-0.3, -0.25) is 4.72 Å². The van der Waals surface area contributed by atoms with E-state index in [9.17, 15) is 8.42 Å². The predicted molar refractivity (Wildman–Crippen MR) is 87.1 cm³/mol. The Bertz CT molecular complexity index is 753. The third kappa shape index (κ3) is 3.03. The quantitative estimate of drug-likeness (QED) is 0.855. The molecular weight excluding hydrogens is 284 g/mol. The lowest BCUT2D eigenvalue weighted by atomic mass is 10.0. The highest BCUT2D eigenvalue weighted by Gasteiger charge is 2.22. The molecule has 2 aromatic carbocycles. The summed E-state index contributed by atoms with van der Waals surface area (Å²) in [6, 6.07) is 8.64. The van der Waals surface area contributed by atoms with Crippen molar-refractivity contribution in [1.29, 1.82) is 0 Å². The second-order valence-electron chi connectivity index (χ2n) is 5.32. The van der Waals surface area contributed by atoms with Gasteiger partial charge >= 0.3 is 0 Å². The maximum absolute atomic E-state index is 12.7. The van der Waals surface area contributed by atoms with Crippen molar-refractivity contribution in [2.24, 2.45) is 0 Å². The molecule has 0 bridgehead atoms. The van der Waals surface area contributed by atoms with E-state index in [0.717, 1.165) is 22.3 Å². The van der Waals surface area contributed by atoms with Crippen LogP contribution in [0.5, 0.6) is 0 Å². The van der Waals surface area contributed by atoms with E-state index in [0.29, 0.717) is 16.3 Å². The lowest BCUT2D eigenvalue weighted by Gasteiger charge is -2.16. The first kappa shape index (κ1) is 15.4. The summed E-state index contributed by atoms with van der Waals surface area (Å²) in [5, 5.41) is 0. The second-order valence-corrected chi connectivity index (χ2v) is 6.94. The van der Waals surface area contributed by atoms with Crippen LogP contribution in [0.3, 0.4) is 0 Å². The second kappa shape index (κ2) is 5.41. The Morgan fingerprint density at radius 2 is 1.38 bits per heavy atom. The molecule has 0 atom stereocenters. The largest absolute Gasteiger partial charge is 0.399 e. The molecule has 21 heavy (non-hydrogen) atoms. The molecule has 5 heteroatoms. The Morgan fingerprint density at radius 1 is 0.905 bits per heavy atom. The van der Waals surface area contributed by atoms with Crippen molar-refractivity contribution < 1.29 is 8.42 Å². The number of nitrogens with two attached hydrogens (primary N) is 1. The molecule has 0 fully saturated rings. The summed E-state index contributed by atoms with van der Waals surface area (Å²) >= 11 is 0. The zero-order valence-corrected chi connectivity index (χ0v) is 13.5. The van der Waals surface area contributed by atoms with Crippen LogP contribution < -0.4 is 10.5 Å². The Hall–Kier alpha value is -2.01. The molecule has 0 saturated carbocycles. The van der Waals surface area contributed by atoms with Gasteiger partial charge in [0.25, 0.3) is 10.0 Å². The number of hydrogen-bond acceptors (Lipinski definition) is 3. The minimum atomic E-state index is -3.62. The van der Waals surface area contributed by atoms with Crippen LogP contribution >= 0.6 is 0 Å². The zero-order chi connectivity index (χ0) is 15.8. The molecule has 0 amide bonds. The van der Waals surface area contributed by atoms with Crippen molar-refractivity contribution in [3.05, 3.63) is 52.6 Å². The van der Waals surface area contributed by atoms with Gasteiger partial charge in [0.15, 0.2) is 0 Å². The smallest absolute Gasteiger partial charge is 0.262 e. The Labute approximate surface area is 126 Å². The van der Waals surface area contributed by atoms with Crippen molar-refractivity contribution >= 4 is 21.4 Å². The molecule has 112 valence electrons. The Kier molecular flexibility index (Phi) is 3.96. The fourth-order valence-corrected chi connectivity index (χ4v) is 4.02. The van der Waals surface area contributed by atoms with E-state index in [1.807, 2.05) is 33.8 Å². The SMILES string of the molecule is Cc1cc(C)c(C)c(S(=O)(=O)Nc2ccc(N)cc2)c1C. The van der Waals surface area contributed by atoms with E-state index in [-0.39, 0.29) is 0 Å². The summed E-state index contributed by atoms with van der Waals surface area (Å²) in [5.74, 6) is 0. The third-order valence-corrected chi connectivity index (χ3v) is 5.38. The van der Waals surface area contributed by atoms with Crippen LogP contribution in [0.1, 0.15) is 22.3 Å². The molecule has 0 aliphatic carbocycles. The summed E-state index contributed by atoms with van der Waals surface area (Å²) in [5.41, 5.74) is 10.2. The topological polar surface area (TPSA) is 72.2 Å². The molecule has 2 aromatic rings. The summed E-state index contributed by atoms with van der Waals surface area (Å²) in [7, 11) is -3.62. The normalized spacial score (nSPS) is 11.4. The molecule has 3 N–H and O–H groups in total. The number of nitrogens with one attached hydrogen (secondary N) is 1. The fourth-order valence-electron chi connectivity index (χ4n) is 2.34.